The van der Waals surface area contributed by atoms with E-state index in [1.54, 1.807) is 0 Å². The van der Waals surface area contributed by atoms with E-state index in [0.29, 0.717) is 6.04 Å². The second-order valence-electron chi connectivity index (χ2n) is 2.69. The van der Waals surface area contributed by atoms with Crippen molar-refractivity contribution in [2.24, 2.45) is 0 Å². The highest BCUT2D eigenvalue weighted by Crippen LogP contribution is 2.25. The highest BCUT2D eigenvalue weighted by Gasteiger charge is 2.22. The van der Waals surface area contributed by atoms with Crippen LogP contribution < -0.4 is 5.32 Å². The van der Waals surface area contributed by atoms with Crippen LogP contribution in [0.2, 0.25) is 0 Å². The summed E-state index contributed by atoms with van der Waals surface area (Å²) in [6.07, 6.45) is 4.00. The summed E-state index contributed by atoms with van der Waals surface area (Å²) in [6.45, 7) is 1.94. The van der Waals surface area contributed by atoms with Crippen molar-refractivity contribution in [3.05, 3.63) is 12.1 Å². The zero-order valence-electron chi connectivity index (χ0n) is 5.92. The van der Waals surface area contributed by atoms with Gasteiger partial charge in [0, 0.05) is 6.04 Å². The van der Waals surface area contributed by atoms with Gasteiger partial charge in [0.1, 0.15) is 5.69 Å². The smallest absolute Gasteiger partial charge is 0.216 e. The van der Waals surface area contributed by atoms with E-state index in [-0.39, 0.29) is 0 Å². The summed E-state index contributed by atoms with van der Waals surface area (Å²) in [5.41, 5.74) is 0.951. The molecule has 0 spiro atoms. The van der Waals surface area contributed by atoms with Crippen molar-refractivity contribution >= 4 is 5.88 Å². The lowest BCUT2D eigenvalue weighted by Gasteiger charge is -1.97. The fourth-order valence-electron chi connectivity index (χ4n) is 0.854. The van der Waals surface area contributed by atoms with Crippen LogP contribution in [0.15, 0.2) is 10.8 Å². The van der Waals surface area contributed by atoms with Crippen LogP contribution in [0, 0.1) is 6.92 Å². The molecule has 10 heavy (non-hydrogen) atoms. The summed E-state index contributed by atoms with van der Waals surface area (Å²) in [5.74, 6) is 0.836. The Morgan fingerprint density at radius 3 is 3.00 bits per heavy atom. The first-order chi connectivity index (χ1) is 4.86. The van der Waals surface area contributed by atoms with Gasteiger partial charge in [0.25, 0.3) is 0 Å². The Morgan fingerprint density at radius 1 is 1.70 bits per heavy atom. The van der Waals surface area contributed by atoms with Gasteiger partial charge in [0.05, 0.1) is 0 Å². The van der Waals surface area contributed by atoms with Crippen LogP contribution in [-0.4, -0.2) is 11.0 Å². The molecule has 0 atom stereocenters. The Balaban J connectivity index is 2.08. The van der Waals surface area contributed by atoms with Crippen LogP contribution in [-0.2, 0) is 0 Å². The molecule has 1 aromatic heterocycles. The molecule has 0 bridgehead atoms. The molecule has 1 aliphatic rings. The number of nitrogens with one attached hydrogen (secondary N) is 1. The molecule has 1 N–H and O–H groups in total. The maximum Gasteiger partial charge on any atom is 0.216 e. The number of hydrogen-bond donors (Lipinski definition) is 1. The van der Waals surface area contributed by atoms with Crippen LogP contribution in [0.25, 0.3) is 0 Å². The Morgan fingerprint density at radius 2 is 2.50 bits per heavy atom. The molecular weight excluding hydrogens is 128 g/mol. The van der Waals surface area contributed by atoms with Crippen LogP contribution in [0.5, 0.6) is 0 Å². The zero-order valence-corrected chi connectivity index (χ0v) is 5.92. The van der Waals surface area contributed by atoms with E-state index in [0.717, 1.165) is 11.6 Å². The molecule has 0 amide bonds. The van der Waals surface area contributed by atoms with Gasteiger partial charge < -0.3 is 9.73 Å². The summed E-state index contributed by atoms with van der Waals surface area (Å²) >= 11 is 0. The van der Waals surface area contributed by atoms with Gasteiger partial charge in [-0.1, -0.05) is 0 Å². The molecule has 3 nitrogen and oxygen atoms in total. The van der Waals surface area contributed by atoms with Gasteiger partial charge in [-0.05, 0) is 19.8 Å². The molecule has 2 rings (SSSR count). The van der Waals surface area contributed by atoms with E-state index in [4.69, 9.17) is 4.42 Å². The third-order valence-electron chi connectivity index (χ3n) is 1.66. The maximum absolute atomic E-state index is 5.09. The number of nitrogens with zero attached hydrogens (tertiary/aromatic N) is 1. The lowest BCUT2D eigenvalue weighted by molar-refractivity contribution is 0.568. The van der Waals surface area contributed by atoms with Crippen molar-refractivity contribution < 1.29 is 4.42 Å². The van der Waals surface area contributed by atoms with E-state index < -0.39 is 0 Å². The molecule has 0 aliphatic heterocycles. The van der Waals surface area contributed by atoms with Crippen LogP contribution in [0.1, 0.15) is 18.5 Å². The monoisotopic (exact) mass is 138 g/mol. The molecule has 1 saturated carbocycles. The molecular formula is C7H10N2O. The van der Waals surface area contributed by atoms with Gasteiger partial charge in [-0.25, -0.2) is 4.98 Å². The molecule has 54 valence electrons. The minimum atomic E-state index is 0.645. The lowest BCUT2D eigenvalue weighted by Crippen LogP contribution is -2.00. The molecule has 0 saturated heterocycles. The van der Waals surface area contributed by atoms with Crippen molar-refractivity contribution in [3.8, 4) is 0 Å². The Bertz CT molecular complexity index is 227. The molecule has 0 aromatic carbocycles. The van der Waals surface area contributed by atoms with Gasteiger partial charge in [0.2, 0.25) is 5.88 Å². The fourth-order valence-corrected chi connectivity index (χ4v) is 0.854. The number of rotatable bonds is 2. The van der Waals surface area contributed by atoms with E-state index in [1.807, 2.05) is 6.92 Å². The van der Waals surface area contributed by atoms with Gasteiger partial charge in [0.15, 0.2) is 6.39 Å². The van der Waals surface area contributed by atoms with Gasteiger partial charge in [-0.2, -0.15) is 0 Å². The predicted molar refractivity (Wildman–Crippen MR) is 37.9 cm³/mol. The highest BCUT2D eigenvalue weighted by molar-refractivity contribution is 5.37. The summed E-state index contributed by atoms with van der Waals surface area (Å²) in [5, 5.41) is 3.23. The minimum Gasteiger partial charge on any atom is -0.428 e. The zero-order chi connectivity index (χ0) is 6.97. The number of aryl methyl sites for hydroxylation is 1. The highest BCUT2D eigenvalue weighted by atomic mass is 16.4. The minimum absolute atomic E-state index is 0.645. The first-order valence-electron chi connectivity index (χ1n) is 3.53. The molecule has 3 heteroatoms. The summed E-state index contributed by atoms with van der Waals surface area (Å²) in [4.78, 5) is 3.97. The van der Waals surface area contributed by atoms with E-state index >= 15 is 0 Å². The second kappa shape index (κ2) is 2.01. The first kappa shape index (κ1) is 5.77. The SMILES string of the molecule is Cc1ncoc1NC1CC1. The van der Waals surface area contributed by atoms with Crippen LogP contribution in [0.4, 0.5) is 5.88 Å². The first-order valence-corrected chi connectivity index (χ1v) is 3.53. The Hall–Kier alpha value is -0.990. The second-order valence-corrected chi connectivity index (χ2v) is 2.69. The molecule has 1 heterocycles. The van der Waals surface area contributed by atoms with Crippen molar-refractivity contribution in [1.82, 2.24) is 4.98 Å². The van der Waals surface area contributed by atoms with Crippen molar-refractivity contribution in [2.45, 2.75) is 25.8 Å². The topological polar surface area (TPSA) is 38.1 Å². The largest absolute Gasteiger partial charge is 0.428 e. The standard InChI is InChI=1S/C7H10N2O/c1-5-7(10-4-8-5)9-6-2-3-6/h4,6,9H,2-3H2,1H3. The third-order valence-corrected chi connectivity index (χ3v) is 1.66. The van der Waals surface area contributed by atoms with Gasteiger partial charge >= 0.3 is 0 Å². The number of hydrogen-bond acceptors (Lipinski definition) is 3. The lowest BCUT2D eigenvalue weighted by atomic mass is 10.5. The van der Waals surface area contributed by atoms with Gasteiger partial charge in [-0.15, -0.1) is 0 Å². The summed E-state index contributed by atoms with van der Waals surface area (Å²) < 4.78 is 5.09. The predicted octanol–water partition coefficient (Wildman–Crippen LogP) is 1.56. The number of aromatic nitrogens is 1. The van der Waals surface area contributed by atoms with Crippen molar-refractivity contribution in [3.63, 3.8) is 0 Å². The molecule has 0 unspecified atom stereocenters. The van der Waals surface area contributed by atoms with E-state index in [9.17, 15) is 0 Å². The van der Waals surface area contributed by atoms with Crippen molar-refractivity contribution in [1.29, 1.82) is 0 Å². The quantitative estimate of drug-likeness (QED) is 0.673. The molecule has 1 fully saturated rings. The Kier molecular flexibility index (Phi) is 1.16. The number of anilines is 1. The third kappa shape index (κ3) is 0.988. The molecule has 1 aliphatic carbocycles. The fraction of sp³-hybridized carbons (Fsp3) is 0.571. The summed E-state index contributed by atoms with van der Waals surface area (Å²) in [7, 11) is 0. The average Bonchev–Trinajstić information content (AvgIpc) is 2.62. The van der Waals surface area contributed by atoms with Crippen LogP contribution >= 0.6 is 0 Å². The van der Waals surface area contributed by atoms with E-state index in [1.165, 1.54) is 19.2 Å². The van der Waals surface area contributed by atoms with E-state index in [2.05, 4.69) is 10.3 Å². The van der Waals surface area contributed by atoms with Crippen LogP contribution in [0.3, 0.4) is 0 Å². The Labute approximate surface area is 59.4 Å². The maximum atomic E-state index is 5.09. The molecule has 1 aromatic rings. The summed E-state index contributed by atoms with van der Waals surface area (Å²) in [6, 6.07) is 0.645. The number of oxazole rings is 1. The normalized spacial score (nSPS) is 17.3. The van der Waals surface area contributed by atoms with Gasteiger partial charge in [-0.3, -0.25) is 0 Å². The molecule has 0 radical (unpaired) electrons. The van der Waals surface area contributed by atoms with Crippen molar-refractivity contribution in [2.75, 3.05) is 5.32 Å². The average molecular weight is 138 g/mol.